The second-order valence-electron chi connectivity index (χ2n) is 19.9. The fourth-order valence-corrected chi connectivity index (χ4v) is 10.3. The number of benzene rings is 4. The van der Waals surface area contributed by atoms with Crippen molar-refractivity contribution in [3.8, 4) is 17.0 Å². The van der Waals surface area contributed by atoms with Crippen LogP contribution in [-0.4, -0.2) is 145 Å². The largest absolute Gasteiger partial charge is 0.497 e. The number of alkyl halides is 3. The molecule has 2 aliphatic heterocycles. The Kier molecular flexibility index (Phi) is 19.8. The number of methoxy groups -OCH3 is 1. The van der Waals surface area contributed by atoms with E-state index in [4.69, 9.17) is 35.5 Å². The number of hydrogen-bond donors (Lipinski definition) is 5. The number of piperidine rings is 1. The molecule has 78 heavy (non-hydrogen) atoms. The number of hydrazine groups is 2. The third kappa shape index (κ3) is 15.6. The van der Waals surface area contributed by atoms with Crippen molar-refractivity contribution in [3.05, 3.63) is 126 Å². The van der Waals surface area contributed by atoms with E-state index in [1.807, 2.05) is 83.9 Å². The monoisotopic (exact) mass is 1090 g/mol. The highest BCUT2D eigenvalue weighted by molar-refractivity contribution is 6.31. The summed E-state index contributed by atoms with van der Waals surface area (Å²) in [5.41, 5.74) is 14.8. The average molecular weight is 1090 g/mol. The molecule has 1 atom stereocenters. The topological polar surface area (TPSA) is 150 Å². The van der Waals surface area contributed by atoms with Crippen LogP contribution in [0.2, 0.25) is 5.02 Å². The maximum absolute atomic E-state index is 14.0. The molecule has 416 valence electrons. The van der Waals surface area contributed by atoms with Crippen LogP contribution in [0.25, 0.3) is 44.0 Å². The van der Waals surface area contributed by atoms with Crippen LogP contribution in [0, 0.1) is 0 Å². The molecular weight excluding hydrogens is 1020 g/mol. The first kappa shape index (κ1) is 56.3. The molecule has 0 radical (unpaired) electrons. The molecule has 0 unspecified atom stereocenters. The quantitative estimate of drug-likeness (QED) is 0.0223. The number of rotatable bonds is 29. The van der Waals surface area contributed by atoms with Gasteiger partial charge >= 0.3 is 6.18 Å². The summed E-state index contributed by atoms with van der Waals surface area (Å²) in [6.45, 7) is 13.2. The zero-order valence-electron chi connectivity index (χ0n) is 44.8. The Morgan fingerprint density at radius 3 is 2.37 bits per heavy atom. The average Bonchev–Trinajstić information content (AvgIpc) is 4.14. The second-order valence-corrected chi connectivity index (χ2v) is 20.4. The van der Waals surface area contributed by atoms with Crippen molar-refractivity contribution in [2.45, 2.75) is 70.9 Å². The van der Waals surface area contributed by atoms with E-state index in [-0.39, 0.29) is 12.1 Å². The van der Waals surface area contributed by atoms with E-state index >= 15 is 0 Å². The van der Waals surface area contributed by atoms with Crippen molar-refractivity contribution >= 4 is 61.4 Å². The van der Waals surface area contributed by atoms with Crippen LogP contribution >= 0.6 is 11.6 Å². The molecular formula is C58H72ClF3N12O4. The van der Waals surface area contributed by atoms with Gasteiger partial charge in [-0.15, -0.1) is 5.53 Å². The highest BCUT2D eigenvalue weighted by Gasteiger charge is 2.31. The summed E-state index contributed by atoms with van der Waals surface area (Å²) in [5.74, 6) is 0.795. The van der Waals surface area contributed by atoms with Crippen LogP contribution in [0.5, 0.6) is 5.75 Å². The van der Waals surface area contributed by atoms with E-state index < -0.39 is 12.7 Å². The third-order valence-electron chi connectivity index (χ3n) is 14.3. The highest BCUT2D eigenvalue weighted by atomic mass is 35.5. The third-order valence-corrected chi connectivity index (χ3v) is 14.5. The fraction of sp³-hybridized carbons (Fsp3) is 0.431. The lowest BCUT2D eigenvalue weighted by Gasteiger charge is -2.33. The lowest BCUT2D eigenvalue weighted by Crippen LogP contribution is -2.42. The van der Waals surface area contributed by atoms with Crippen molar-refractivity contribution in [3.63, 3.8) is 0 Å². The van der Waals surface area contributed by atoms with Gasteiger partial charge in [0, 0.05) is 83.6 Å². The van der Waals surface area contributed by atoms with Crippen molar-refractivity contribution in [1.82, 2.24) is 45.3 Å². The Labute approximate surface area is 459 Å². The number of pyridine rings is 1. The van der Waals surface area contributed by atoms with Gasteiger partial charge in [0.25, 0.3) is 0 Å². The standard InChI is InChI=1S/C58H72ClF3N12O4/c1-4-71(20-6-7-41(2)66-57-49-16-14-44(59)31-54(49)68-53-17-15-48(75-3)32-51(53)57)23-25-76-27-29-78-30-28-77-26-24-73-38-47(69-70-73)37-72-21-18-45(19-22-72)67-52-8-5-9-55-50(52)33-56(74(55)39-58(60,61)62)43-12-10-42(11-13-43)34-65-46-35-63-40-64-36-46/h5,8-17,31-33,35-36,38,40-41,45,65,67,69-70H,4,6-7,18-30,34,37,39H2,1-3H3,(H,66,68)/t41-/m0/s1. The Hall–Kier alpha value is -6.45. The number of likely N-dealkylation sites (N-methyl/N-ethyl adjacent to an activating group) is 1. The van der Waals surface area contributed by atoms with Crippen molar-refractivity contribution in [2.75, 3.05) is 109 Å². The number of aromatic nitrogens is 4. The van der Waals surface area contributed by atoms with Gasteiger partial charge < -0.3 is 49.8 Å². The number of likely N-dealkylation sites (tertiary alicyclic amines) is 1. The van der Waals surface area contributed by atoms with Crippen LogP contribution in [-0.2, 0) is 27.3 Å². The molecule has 0 aliphatic carbocycles. The molecule has 0 bridgehead atoms. The number of nitrogens with one attached hydrogen (secondary N) is 5. The van der Waals surface area contributed by atoms with E-state index in [0.717, 1.165) is 126 Å². The molecule has 5 heterocycles. The molecule has 0 saturated carbocycles. The molecule has 5 N–H and O–H groups in total. The number of nitrogens with zero attached hydrogens (tertiary/aromatic N) is 7. The molecule has 2 aliphatic rings. The van der Waals surface area contributed by atoms with Crippen LogP contribution < -0.4 is 31.6 Å². The van der Waals surface area contributed by atoms with E-state index in [1.54, 1.807) is 25.6 Å². The molecule has 1 saturated heterocycles. The van der Waals surface area contributed by atoms with Crippen LogP contribution in [0.1, 0.15) is 45.1 Å². The van der Waals surface area contributed by atoms with Gasteiger partial charge in [-0.25, -0.2) is 15.0 Å². The van der Waals surface area contributed by atoms with Gasteiger partial charge in [-0.05, 0) is 111 Å². The highest BCUT2D eigenvalue weighted by Crippen LogP contribution is 2.37. The first-order valence-electron chi connectivity index (χ1n) is 27.0. The van der Waals surface area contributed by atoms with Gasteiger partial charge in [0.1, 0.15) is 18.6 Å². The van der Waals surface area contributed by atoms with E-state index in [2.05, 4.69) is 66.7 Å². The summed E-state index contributed by atoms with van der Waals surface area (Å²) >= 11 is 6.34. The molecule has 0 amide bonds. The summed E-state index contributed by atoms with van der Waals surface area (Å²) in [6, 6.07) is 27.3. The second kappa shape index (κ2) is 27.4. The number of anilines is 3. The number of halogens is 4. The lowest BCUT2D eigenvalue weighted by molar-refractivity contribution is -0.139. The van der Waals surface area contributed by atoms with Crippen LogP contribution in [0.4, 0.5) is 30.2 Å². The zero-order valence-corrected chi connectivity index (χ0v) is 45.5. The molecule has 0 spiro atoms. The Bertz CT molecular complexity index is 3050. The van der Waals surface area contributed by atoms with Crippen molar-refractivity contribution in [1.29, 1.82) is 0 Å². The van der Waals surface area contributed by atoms with Gasteiger partial charge in [-0.1, -0.05) is 48.9 Å². The van der Waals surface area contributed by atoms with Crippen LogP contribution in [0.15, 0.2) is 116 Å². The Balaban J connectivity index is 0.625. The number of fused-ring (bicyclic) bond motifs is 3. The summed E-state index contributed by atoms with van der Waals surface area (Å²) < 4.78 is 66.6. The SMILES string of the molecule is CCN(CCC[C@H](C)Nc1c2ccc(Cl)cc2nc2ccc(OC)cc12)CCOCCOCCOCCN1C=C(CN2CCC(Nc3cccc4c3cc(-c3ccc(CNc5cncnc5)cc3)n4CC(F)(F)F)CC2)NN1. The molecule has 1 fully saturated rings. The van der Waals surface area contributed by atoms with Gasteiger partial charge in [0.05, 0.1) is 99.3 Å². The van der Waals surface area contributed by atoms with Gasteiger partial charge in [0.2, 0.25) is 0 Å². The number of hydrogen-bond acceptors (Lipinski definition) is 15. The summed E-state index contributed by atoms with van der Waals surface area (Å²) in [6.07, 6.45) is 6.40. The van der Waals surface area contributed by atoms with Gasteiger partial charge in [-0.3, -0.25) is 9.91 Å². The van der Waals surface area contributed by atoms with Gasteiger partial charge in [0.15, 0.2) is 0 Å². The molecule has 16 nitrogen and oxygen atoms in total. The summed E-state index contributed by atoms with van der Waals surface area (Å²) in [5, 5.41) is 16.2. The normalized spacial score (nSPS) is 14.9. The molecule has 4 aromatic carbocycles. The Morgan fingerprint density at radius 1 is 0.846 bits per heavy atom. The number of ether oxygens (including phenoxy) is 4. The summed E-state index contributed by atoms with van der Waals surface area (Å²) in [7, 11) is 1.68. The predicted octanol–water partition coefficient (Wildman–Crippen LogP) is 10.3. The molecule has 3 aromatic heterocycles. The lowest BCUT2D eigenvalue weighted by atomic mass is 10.0. The maximum atomic E-state index is 14.0. The van der Waals surface area contributed by atoms with E-state index in [1.165, 1.54) is 10.9 Å². The minimum absolute atomic E-state index is 0.185. The Morgan fingerprint density at radius 2 is 1.62 bits per heavy atom. The first-order valence-corrected chi connectivity index (χ1v) is 27.4. The predicted molar refractivity (Wildman–Crippen MR) is 305 cm³/mol. The van der Waals surface area contributed by atoms with Crippen molar-refractivity contribution < 1.29 is 32.1 Å². The van der Waals surface area contributed by atoms with Crippen molar-refractivity contribution in [2.24, 2.45) is 0 Å². The maximum Gasteiger partial charge on any atom is 0.406 e. The molecule has 20 heteroatoms. The molecule has 9 rings (SSSR count). The molecule has 7 aromatic rings. The van der Waals surface area contributed by atoms with E-state index in [0.29, 0.717) is 74.5 Å². The minimum atomic E-state index is -4.39. The fourth-order valence-electron chi connectivity index (χ4n) is 10.1. The summed E-state index contributed by atoms with van der Waals surface area (Å²) in [4.78, 5) is 17.8. The van der Waals surface area contributed by atoms with Gasteiger partial charge in [-0.2, -0.15) is 13.2 Å². The van der Waals surface area contributed by atoms with E-state index in [9.17, 15) is 13.2 Å². The van der Waals surface area contributed by atoms with Crippen LogP contribution in [0.3, 0.4) is 0 Å². The zero-order chi connectivity index (χ0) is 54.3. The first-order chi connectivity index (χ1) is 38.0. The minimum Gasteiger partial charge on any atom is -0.497 e. The smallest absolute Gasteiger partial charge is 0.406 e.